The molecule has 0 amide bonds. The number of aromatic nitrogens is 3. The van der Waals surface area contributed by atoms with Crippen LogP contribution in [0.1, 0.15) is 5.69 Å². The van der Waals surface area contributed by atoms with E-state index < -0.39 is 17.2 Å². The number of hydrogen-bond acceptors (Lipinski definition) is 2. The highest BCUT2D eigenvalue weighted by molar-refractivity contribution is 5.87. The standard InChI is InChI=1S/C17H10F3N3O/c1-9-7-22-8-12(6-14(19)16(22)21-9)11-4-10-2-3-23(20)17(24)15(10)13(18)5-11/h2-8H,1H3. The van der Waals surface area contributed by atoms with Crippen LogP contribution in [0.25, 0.3) is 27.5 Å². The second kappa shape index (κ2) is 4.95. The molecule has 120 valence electrons. The van der Waals surface area contributed by atoms with E-state index in [-0.39, 0.29) is 21.2 Å². The molecule has 0 spiro atoms. The predicted molar refractivity (Wildman–Crippen MR) is 83.6 cm³/mol. The van der Waals surface area contributed by atoms with Crippen LogP contribution in [0.15, 0.2) is 47.7 Å². The molecule has 3 aromatic heterocycles. The summed E-state index contributed by atoms with van der Waals surface area (Å²) in [5.74, 6) is -1.40. The number of nitrogens with zero attached hydrogens (tertiary/aromatic N) is 3. The van der Waals surface area contributed by atoms with Gasteiger partial charge in [0.25, 0.3) is 5.56 Å². The smallest absolute Gasteiger partial charge is 0.289 e. The summed E-state index contributed by atoms with van der Waals surface area (Å²) in [5, 5.41) is -0.102. The fourth-order valence-corrected chi connectivity index (χ4v) is 2.81. The van der Waals surface area contributed by atoms with E-state index in [4.69, 9.17) is 0 Å². The first-order chi connectivity index (χ1) is 11.4. The van der Waals surface area contributed by atoms with Crippen molar-refractivity contribution in [2.75, 3.05) is 0 Å². The molecule has 3 heterocycles. The number of rotatable bonds is 1. The van der Waals surface area contributed by atoms with Crippen molar-refractivity contribution in [1.29, 1.82) is 0 Å². The van der Waals surface area contributed by atoms with Gasteiger partial charge in [0.15, 0.2) is 11.5 Å². The molecule has 0 aliphatic heterocycles. The second-order valence-corrected chi connectivity index (χ2v) is 5.54. The molecule has 0 bridgehead atoms. The number of halogens is 3. The average Bonchev–Trinajstić information content (AvgIpc) is 2.91. The van der Waals surface area contributed by atoms with Crippen molar-refractivity contribution in [2.24, 2.45) is 0 Å². The van der Waals surface area contributed by atoms with E-state index in [1.807, 2.05) is 0 Å². The van der Waals surface area contributed by atoms with Crippen LogP contribution in [-0.2, 0) is 0 Å². The van der Waals surface area contributed by atoms with Gasteiger partial charge in [-0.15, -0.1) is 4.79 Å². The third-order valence-electron chi connectivity index (χ3n) is 3.87. The van der Waals surface area contributed by atoms with Crippen molar-refractivity contribution in [3.05, 3.63) is 70.5 Å². The maximum absolute atomic E-state index is 14.3. The Morgan fingerprint density at radius 1 is 1.04 bits per heavy atom. The van der Waals surface area contributed by atoms with Crippen LogP contribution in [0.3, 0.4) is 0 Å². The van der Waals surface area contributed by atoms with Crippen molar-refractivity contribution in [1.82, 2.24) is 14.2 Å². The van der Waals surface area contributed by atoms with Crippen LogP contribution in [0.2, 0.25) is 0 Å². The summed E-state index contributed by atoms with van der Waals surface area (Å²) in [6.07, 6.45) is 4.19. The van der Waals surface area contributed by atoms with Crippen LogP contribution < -0.4 is 5.56 Å². The van der Waals surface area contributed by atoms with Gasteiger partial charge in [-0.25, -0.2) is 13.8 Å². The van der Waals surface area contributed by atoms with Crippen LogP contribution in [0.4, 0.5) is 13.3 Å². The van der Waals surface area contributed by atoms with Crippen molar-refractivity contribution in [2.45, 2.75) is 6.92 Å². The molecule has 24 heavy (non-hydrogen) atoms. The SMILES string of the molecule is Cc1cn2cc(-c3cc(F)c4c(=O)n(F)ccc4c3)cc(F)c2n1. The van der Waals surface area contributed by atoms with Gasteiger partial charge in [-0.05, 0) is 42.1 Å². The van der Waals surface area contributed by atoms with Gasteiger partial charge in [-0.2, -0.15) is 0 Å². The number of aryl methyl sites for hydroxylation is 1. The zero-order valence-electron chi connectivity index (χ0n) is 12.4. The minimum Gasteiger partial charge on any atom is -0.304 e. The highest BCUT2D eigenvalue weighted by atomic mass is 19.2. The van der Waals surface area contributed by atoms with E-state index in [1.54, 1.807) is 19.3 Å². The molecule has 0 aliphatic rings. The lowest BCUT2D eigenvalue weighted by atomic mass is 10.0. The van der Waals surface area contributed by atoms with E-state index >= 15 is 0 Å². The van der Waals surface area contributed by atoms with Gasteiger partial charge in [-0.3, -0.25) is 4.79 Å². The number of pyridine rings is 2. The predicted octanol–water partition coefficient (Wildman–Crippen LogP) is 3.64. The third-order valence-corrected chi connectivity index (χ3v) is 3.87. The Morgan fingerprint density at radius 3 is 2.58 bits per heavy atom. The summed E-state index contributed by atoms with van der Waals surface area (Å²) in [5.41, 5.74) is 0.561. The summed E-state index contributed by atoms with van der Waals surface area (Å²) < 4.78 is 43.3. The molecule has 0 unspecified atom stereocenters. The molecule has 0 fully saturated rings. The Hall–Kier alpha value is -3.09. The summed E-state index contributed by atoms with van der Waals surface area (Å²) in [6, 6.07) is 5.15. The zero-order valence-corrected chi connectivity index (χ0v) is 12.4. The Kier molecular flexibility index (Phi) is 2.99. The monoisotopic (exact) mass is 329 g/mol. The van der Waals surface area contributed by atoms with Crippen LogP contribution in [-0.4, -0.2) is 14.2 Å². The Balaban J connectivity index is 2.00. The molecule has 1 aromatic carbocycles. The molecule has 4 rings (SSSR count). The number of imidazole rings is 1. The summed E-state index contributed by atoms with van der Waals surface area (Å²) in [4.78, 5) is 15.6. The molecule has 0 saturated carbocycles. The topological polar surface area (TPSA) is 39.3 Å². The highest BCUT2D eigenvalue weighted by Gasteiger charge is 2.13. The highest BCUT2D eigenvalue weighted by Crippen LogP contribution is 2.27. The average molecular weight is 329 g/mol. The molecule has 0 radical (unpaired) electrons. The van der Waals surface area contributed by atoms with E-state index in [0.717, 1.165) is 12.3 Å². The molecule has 4 nitrogen and oxygen atoms in total. The molecule has 4 aromatic rings. The van der Waals surface area contributed by atoms with Gasteiger partial charge in [0.2, 0.25) is 0 Å². The third kappa shape index (κ3) is 2.09. The van der Waals surface area contributed by atoms with Crippen molar-refractivity contribution >= 4 is 16.4 Å². The van der Waals surface area contributed by atoms with Crippen LogP contribution >= 0.6 is 0 Å². The second-order valence-electron chi connectivity index (χ2n) is 5.54. The molecular formula is C17H10F3N3O. The number of fused-ring (bicyclic) bond motifs is 2. The zero-order chi connectivity index (χ0) is 17.0. The maximum Gasteiger partial charge on any atom is 0.289 e. The first-order valence-electron chi connectivity index (χ1n) is 7.10. The Morgan fingerprint density at radius 2 is 1.79 bits per heavy atom. The van der Waals surface area contributed by atoms with Gasteiger partial charge < -0.3 is 4.40 Å². The first kappa shape index (κ1) is 14.5. The lowest BCUT2D eigenvalue weighted by Gasteiger charge is -2.07. The van der Waals surface area contributed by atoms with Crippen molar-refractivity contribution in [3.8, 4) is 11.1 Å². The largest absolute Gasteiger partial charge is 0.304 e. The van der Waals surface area contributed by atoms with E-state index in [0.29, 0.717) is 16.8 Å². The molecule has 0 atom stereocenters. The van der Waals surface area contributed by atoms with Gasteiger partial charge in [0.1, 0.15) is 5.82 Å². The minimum atomic E-state index is -1.07. The Bertz CT molecular complexity index is 1180. The number of hydrogen-bond donors (Lipinski definition) is 0. The van der Waals surface area contributed by atoms with Gasteiger partial charge >= 0.3 is 0 Å². The molecule has 0 saturated heterocycles. The minimum absolute atomic E-state index is 0.176. The molecule has 0 aliphatic carbocycles. The van der Waals surface area contributed by atoms with Crippen molar-refractivity contribution < 1.29 is 13.3 Å². The molecular weight excluding hydrogens is 319 g/mol. The van der Waals surface area contributed by atoms with E-state index in [2.05, 4.69) is 4.98 Å². The van der Waals surface area contributed by atoms with Crippen LogP contribution in [0.5, 0.6) is 0 Å². The molecule has 0 N–H and O–H groups in total. The van der Waals surface area contributed by atoms with Crippen molar-refractivity contribution in [3.63, 3.8) is 0 Å². The maximum atomic E-state index is 14.3. The normalized spacial score (nSPS) is 11.5. The Labute approximate surface area is 133 Å². The van der Waals surface area contributed by atoms with Gasteiger partial charge in [0.05, 0.1) is 11.1 Å². The summed E-state index contributed by atoms with van der Waals surface area (Å²) in [7, 11) is 0. The fraction of sp³-hybridized carbons (Fsp3) is 0.0588. The number of benzene rings is 1. The lowest BCUT2D eigenvalue weighted by Crippen LogP contribution is -2.14. The summed E-state index contributed by atoms with van der Waals surface area (Å²) in [6.45, 7) is 1.74. The lowest BCUT2D eigenvalue weighted by molar-refractivity contribution is 0.354. The fourth-order valence-electron chi connectivity index (χ4n) is 2.81. The molecule has 7 heteroatoms. The summed E-state index contributed by atoms with van der Waals surface area (Å²) >= 11 is 0. The van der Waals surface area contributed by atoms with Gasteiger partial charge in [-0.1, -0.05) is 4.48 Å². The first-order valence-corrected chi connectivity index (χ1v) is 7.10. The quantitative estimate of drug-likeness (QED) is 0.535. The van der Waals surface area contributed by atoms with Gasteiger partial charge in [0, 0.05) is 24.2 Å². The van der Waals surface area contributed by atoms with E-state index in [1.165, 1.54) is 22.6 Å². The van der Waals surface area contributed by atoms with Crippen LogP contribution in [0, 0.1) is 18.6 Å². The van der Waals surface area contributed by atoms with E-state index in [9.17, 15) is 18.1 Å².